The molecule has 0 heterocycles. The number of hydrogen-bond acceptors (Lipinski definition) is 1. The summed E-state index contributed by atoms with van der Waals surface area (Å²) in [5, 5.41) is 3.74. The average Bonchev–Trinajstić information content (AvgIpc) is 2.81. The molecule has 0 radical (unpaired) electrons. The van der Waals surface area contributed by atoms with E-state index in [2.05, 4.69) is 67.7 Å². The summed E-state index contributed by atoms with van der Waals surface area (Å²) in [4.78, 5) is 0. The van der Waals surface area contributed by atoms with Crippen molar-refractivity contribution in [2.45, 2.75) is 38.6 Å². The van der Waals surface area contributed by atoms with Crippen molar-refractivity contribution in [2.75, 3.05) is 5.32 Å². The smallest absolute Gasteiger partial charge is 0.0377 e. The summed E-state index contributed by atoms with van der Waals surface area (Å²) in [5.74, 6) is 0.562. The molecule has 0 spiro atoms. The van der Waals surface area contributed by atoms with Crippen LogP contribution in [0.5, 0.6) is 0 Å². The van der Waals surface area contributed by atoms with Gasteiger partial charge in [0.2, 0.25) is 0 Å². The van der Waals surface area contributed by atoms with E-state index in [1.165, 1.54) is 22.4 Å². The van der Waals surface area contributed by atoms with Gasteiger partial charge in [0.15, 0.2) is 0 Å². The third-order valence-electron chi connectivity index (χ3n) is 3.99. The molecule has 0 unspecified atom stereocenters. The van der Waals surface area contributed by atoms with Gasteiger partial charge in [0.25, 0.3) is 0 Å². The number of nitrogens with one attached hydrogen (secondary N) is 1. The maximum Gasteiger partial charge on any atom is 0.0377 e. The fourth-order valence-corrected chi connectivity index (χ4v) is 3.01. The summed E-state index contributed by atoms with van der Waals surface area (Å²) in [7, 11) is 0. The normalized spacial score (nSPS) is 14.7. The number of benzene rings is 2. The number of hydrogen-bond donors (Lipinski definition) is 1. The fourth-order valence-electron chi connectivity index (χ4n) is 3.01. The summed E-state index contributed by atoms with van der Waals surface area (Å²) in [5.41, 5.74) is 5.72. The highest BCUT2D eigenvalue weighted by Crippen LogP contribution is 2.28. The zero-order valence-electron chi connectivity index (χ0n) is 11.7. The standard InChI is InChI=1S/C18H21N/c1-13(2)17-9-5-6-10-18(17)19-16-11-14-7-3-4-8-15(14)12-16/h3-10,13,16,19H,11-12H2,1-2H3. The lowest BCUT2D eigenvalue weighted by atomic mass is 10.0. The minimum atomic E-state index is 0.539. The van der Waals surface area contributed by atoms with Crippen LogP contribution in [0, 0.1) is 0 Å². The maximum absolute atomic E-state index is 3.74. The molecule has 0 atom stereocenters. The van der Waals surface area contributed by atoms with Gasteiger partial charge in [-0.3, -0.25) is 0 Å². The quantitative estimate of drug-likeness (QED) is 0.853. The second-order valence-corrected chi connectivity index (χ2v) is 5.76. The van der Waals surface area contributed by atoms with Crippen LogP contribution in [-0.4, -0.2) is 6.04 Å². The Hall–Kier alpha value is -1.76. The lowest BCUT2D eigenvalue weighted by molar-refractivity contribution is 0.766. The van der Waals surface area contributed by atoms with E-state index < -0.39 is 0 Å². The molecular formula is C18H21N. The molecular weight excluding hydrogens is 230 g/mol. The van der Waals surface area contributed by atoms with Gasteiger partial charge >= 0.3 is 0 Å². The Labute approximate surface area is 115 Å². The van der Waals surface area contributed by atoms with E-state index in [9.17, 15) is 0 Å². The highest BCUT2D eigenvalue weighted by molar-refractivity contribution is 5.54. The summed E-state index contributed by atoms with van der Waals surface area (Å²) in [6, 6.07) is 18.0. The van der Waals surface area contributed by atoms with Crippen molar-refractivity contribution in [3.63, 3.8) is 0 Å². The van der Waals surface area contributed by atoms with E-state index in [1.54, 1.807) is 0 Å². The Morgan fingerprint density at radius 3 is 2.11 bits per heavy atom. The minimum absolute atomic E-state index is 0.539. The van der Waals surface area contributed by atoms with Crippen LogP contribution >= 0.6 is 0 Å². The molecule has 1 aliphatic carbocycles. The van der Waals surface area contributed by atoms with Crippen LogP contribution < -0.4 is 5.32 Å². The molecule has 0 aromatic heterocycles. The van der Waals surface area contributed by atoms with Crippen molar-refractivity contribution in [1.29, 1.82) is 0 Å². The fraction of sp³-hybridized carbons (Fsp3) is 0.333. The van der Waals surface area contributed by atoms with Crippen molar-refractivity contribution >= 4 is 5.69 Å². The van der Waals surface area contributed by atoms with Crippen LogP contribution in [0.4, 0.5) is 5.69 Å². The van der Waals surface area contributed by atoms with E-state index in [0.717, 1.165) is 12.8 Å². The second-order valence-electron chi connectivity index (χ2n) is 5.76. The predicted octanol–water partition coefficient (Wildman–Crippen LogP) is 4.39. The minimum Gasteiger partial charge on any atom is -0.381 e. The predicted molar refractivity (Wildman–Crippen MR) is 81.8 cm³/mol. The van der Waals surface area contributed by atoms with Crippen molar-refractivity contribution in [3.05, 3.63) is 65.2 Å². The molecule has 0 saturated heterocycles. The van der Waals surface area contributed by atoms with Crippen molar-refractivity contribution in [3.8, 4) is 0 Å². The average molecular weight is 251 g/mol. The number of rotatable bonds is 3. The SMILES string of the molecule is CC(C)c1ccccc1NC1Cc2ccccc2C1. The Morgan fingerprint density at radius 1 is 0.895 bits per heavy atom. The molecule has 1 N–H and O–H groups in total. The highest BCUT2D eigenvalue weighted by atomic mass is 14.9. The van der Waals surface area contributed by atoms with Gasteiger partial charge in [0.05, 0.1) is 0 Å². The topological polar surface area (TPSA) is 12.0 Å². The van der Waals surface area contributed by atoms with Gasteiger partial charge in [-0.2, -0.15) is 0 Å². The van der Waals surface area contributed by atoms with Gasteiger partial charge in [-0.05, 0) is 41.5 Å². The lowest BCUT2D eigenvalue weighted by Crippen LogP contribution is -2.20. The summed E-state index contributed by atoms with van der Waals surface area (Å²) < 4.78 is 0. The van der Waals surface area contributed by atoms with E-state index in [-0.39, 0.29) is 0 Å². The molecule has 2 aromatic carbocycles. The number of anilines is 1. The van der Waals surface area contributed by atoms with Crippen molar-refractivity contribution in [1.82, 2.24) is 0 Å². The van der Waals surface area contributed by atoms with Gasteiger partial charge in [0.1, 0.15) is 0 Å². The van der Waals surface area contributed by atoms with E-state index in [1.807, 2.05) is 0 Å². The molecule has 1 heteroatoms. The Bertz CT molecular complexity index is 546. The van der Waals surface area contributed by atoms with Gasteiger partial charge in [-0.25, -0.2) is 0 Å². The van der Waals surface area contributed by atoms with Gasteiger partial charge in [-0.15, -0.1) is 0 Å². The molecule has 0 amide bonds. The zero-order valence-corrected chi connectivity index (χ0v) is 11.7. The first-order valence-electron chi connectivity index (χ1n) is 7.16. The van der Waals surface area contributed by atoms with Crippen LogP contribution in [0.25, 0.3) is 0 Å². The summed E-state index contributed by atoms with van der Waals surface area (Å²) in [6.45, 7) is 4.51. The molecule has 0 bridgehead atoms. The molecule has 0 saturated carbocycles. The monoisotopic (exact) mass is 251 g/mol. The Balaban J connectivity index is 1.78. The first-order valence-corrected chi connectivity index (χ1v) is 7.16. The molecule has 19 heavy (non-hydrogen) atoms. The molecule has 0 fully saturated rings. The molecule has 0 aliphatic heterocycles. The van der Waals surface area contributed by atoms with Gasteiger partial charge in [-0.1, -0.05) is 56.3 Å². The third-order valence-corrected chi connectivity index (χ3v) is 3.99. The maximum atomic E-state index is 3.74. The number of para-hydroxylation sites is 1. The van der Waals surface area contributed by atoms with E-state index >= 15 is 0 Å². The van der Waals surface area contributed by atoms with Crippen LogP contribution in [-0.2, 0) is 12.8 Å². The molecule has 1 aliphatic rings. The zero-order chi connectivity index (χ0) is 13.2. The van der Waals surface area contributed by atoms with Gasteiger partial charge < -0.3 is 5.32 Å². The Morgan fingerprint density at radius 2 is 1.47 bits per heavy atom. The molecule has 98 valence electrons. The van der Waals surface area contributed by atoms with Crippen LogP contribution in [0.1, 0.15) is 36.5 Å². The number of fused-ring (bicyclic) bond motifs is 1. The van der Waals surface area contributed by atoms with Crippen LogP contribution in [0.3, 0.4) is 0 Å². The highest BCUT2D eigenvalue weighted by Gasteiger charge is 2.21. The first kappa shape index (κ1) is 12.3. The Kier molecular flexibility index (Phi) is 3.29. The van der Waals surface area contributed by atoms with Crippen LogP contribution in [0.2, 0.25) is 0 Å². The second kappa shape index (κ2) is 5.08. The summed E-state index contributed by atoms with van der Waals surface area (Å²) >= 11 is 0. The van der Waals surface area contributed by atoms with E-state index in [4.69, 9.17) is 0 Å². The lowest BCUT2D eigenvalue weighted by Gasteiger charge is -2.19. The van der Waals surface area contributed by atoms with Crippen molar-refractivity contribution < 1.29 is 0 Å². The van der Waals surface area contributed by atoms with Crippen molar-refractivity contribution in [2.24, 2.45) is 0 Å². The third kappa shape index (κ3) is 2.51. The summed E-state index contributed by atoms with van der Waals surface area (Å²) in [6.07, 6.45) is 2.28. The van der Waals surface area contributed by atoms with Gasteiger partial charge in [0, 0.05) is 11.7 Å². The van der Waals surface area contributed by atoms with E-state index in [0.29, 0.717) is 12.0 Å². The molecule has 1 nitrogen and oxygen atoms in total. The largest absolute Gasteiger partial charge is 0.381 e. The molecule has 3 rings (SSSR count). The molecule has 2 aromatic rings. The van der Waals surface area contributed by atoms with Crippen LogP contribution in [0.15, 0.2) is 48.5 Å². The first-order chi connectivity index (χ1) is 9.24.